The van der Waals surface area contributed by atoms with Gasteiger partial charge in [0.2, 0.25) is 0 Å². The van der Waals surface area contributed by atoms with E-state index in [0.29, 0.717) is 5.92 Å². The van der Waals surface area contributed by atoms with Crippen molar-refractivity contribution in [1.29, 1.82) is 0 Å². The molecule has 0 rings (SSSR count). The molecule has 0 saturated heterocycles. The Morgan fingerprint density at radius 2 is 1.43 bits per heavy atom. The van der Waals surface area contributed by atoms with Crippen LogP contribution in [0.25, 0.3) is 0 Å². The molecule has 0 saturated carbocycles. The average Bonchev–Trinajstić information content (AvgIpc) is 2.05. The van der Waals surface area contributed by atoms with Gasteiger partial charge in [0, 0.05) is 26.7 Å². The number of hydrogen-bond donors (Lipinski definition) is 0. The molecule has 14 heavy (non-hydrogen) atoms. The van der Waals surface area contributed by atoms with Crippen LogP contribution in [0.2, 0.25) is 0 Å². The molecule has 0 bridgehead atoms. The van der Waals surface area contributed by atoms with Crippen molar-refractivity contribution >= 4 is 0 Å². The second-order valence-electron chi connectivity index (χ2n) is 4.36. The van der Waals surface area contributed by atoms with Crippen LogP contribution < -0.4 is 0 Å². The Bertz CT molecular complexity index is 152. The van der Waals surface area contributed by atoms with E-state index in [0.717, 1.165) is 6.42 Å². The summed E-state index contributed by atoms with van der Waals surface area (Å²) < 4.78 is 16.0. The third-order valence-electron chi connectivity index (χ3n) is 2.49. The molecule has 0 aliphatic heterocycles. The standard InChI is InChI=1S/C11H23O3/c1-9(2)8-10(3,4)11(12-5,13-6)14-7/h9H,1,8H2,2-7H3. The zero-order chi connectivity index (χ0) is 11.4. The minimum Gasteiger partial charge on any atom is -0.330 e. The topological polar surface area (TPSA) is 27.7 Å². The molecule has 0 aliphatic carbocycles. The van der Waals surface area contributed by atoms with Gasteiger partial charge in [-0.15, -0.1) is 0 Å². The summed E-state index contributed by atoms with van der Waals surface area (Å²) in [5, 5.41) is 0. The minimum atomic E-state index is -0.987. The van der Waals surface area contributed by atoms with Gasteiger partial charge in [-0.2, -0.15) is 0 Å². The van der Waals surface area contributed by atoms with Crippen molar-refractivity contribution in [1.82, 2.24) is 0 Å². The van der Waals surface area contributed by atoms with Gasteiger partial charge in [0.25, 0.3) is 5.97 Å². The number of methoxy groups -OCH3 is 3. The van der Waals surface area contributed by atoms with Crippen LogP contribution in [0.1, 0.15) is 27.2 Å². The van der Waals surface area contributed by atoms with Gasteiger partial charge in [-0.1, -0.05) is 27.7 Å². The third-order valence-corrected chi connectivity index (χ3v) is 2.49. The monoisotopic (exact) mass is 203 g/mol. The SMILES string of the molecule is [CH2]C(C)CC(C)(C)C(OC)(OC)OC. The van der Waals surface area contributed by atoms with E-state index in [1.54, 1.807) is 21.3 Å². The summed E-state index contributed by atoms with van der Waals surface area (Å²) in [6.07, 6.45) is 0.864. The van der Waals surface area contributed by atoms with Crippen LogP contribution in [0.15, 0.2) is 0 Å². The zero-order valence-electron chi connectivity index (χ0n) is 10.2. The molecule has 3 nitrogen and oxygen atoms in total. The molecule has 0 aromatic rings. The Kier molecular flexibility index (Phi) is 5.06. The number of hydrogen-bond acceptors (Lipinski definition) is 3. The van der Waals surface area contributed by atoms with Crippen molar-refractivity contribution in [3.8, 4) is 0 Å². The lowest BCUT2D eigenvalue weighted by molar-refractivity contribution is -0.402. The fraction of sp³-hybridized carbons (Fsp3) is 0.909. The highest BCUT2D eigenvalue weighted by Crippen LogP contribution is 2.40. The van der Waals surface area contributed by atoms with E-state index in [9.17, 15) is 0 Å². The van der Waals surface area contributed by atoms with Crippen LogP contribution in [0.4, 0.5) is 0 Å². The molecule has 1 unspecified atom stereocenters. The molecule has 1 radical (unpaired) electrons. The van der Waals surface area contributed by atoms with Crippen LogP contribution in [0.5, 0.6) is 0 Å². The second kappa shape index (κ2) is 5.10. The van der Waals surface area contributed by atoms with Gasteiger partial charge in [-0.05, 0) is 12.3 Å². The van der Waals surface area contributed by atoms with Gasteiger partial charge < -0.3 is 14.2 Å². The highest BCUT2D eigenvalue weighted by molar-refractivity contribution is 4.82. The van der Waals surface area contributed by atoms with Gasteiger partial charge in [0.1, 0.15) is 0 Å². The first-order chi connectivity index (χ1) is 6.35. The molecule has 0 N–H and O–H groups in total. The maximum atomic E-state index is 5.33. The largest absolute Gasteiger partial charge is 0.330 e. The Labute approximate surface area is 87.7 Å². The predicted octanol–water partition coefficient (Wildman–Crippen LogP) is 2.47. The molecule has 0 aliphatic rings. The van der Waals surface area contributed by atoms with Crippen LogP contribution in [0.3, 0.4) is 0 Å². The van der Waals surface area contributed by atoms with Crippen molar-refractivity contribution < 1.29 is 14.2 Å². The molecule has 3 heteroatoms. The molecule has 1 atom stereocenters. The van der Waals surface area contributed by atoms with Crippen LogP contribution in [-0.2, 0) is 14.2 Å². The first kappa shape index (κ1) is 13.9. The van der Waals surface area contributed by atoms with Crippen LogP contribution >= 0.6 is 0 Å². The van der Waals surface area contributed by atoms with E-state index in [1.807, 2.05) is 13.8 Å². The van der Waals surface area contributed by atoms with E-state index in [2.05, 4.69) is 13.8 Å². The van der Waals surface area contributed by atoms with Gasteiger partial charge >= 0.3 is 0 Å². The molecule has 0 spiro atoms. The Morgan fingerprint density at radius 1 is 1.07 bits per heavy atom. The van der Waals surface area contributed by atoms with E-state index in [4.69, 9.17) is 14.2 Å². The van der Waals surface area contributed by atoms with E-state index >= 15 is 0 Å². The Hall–Kier alpha value is -0.120. The Balaban J connectivity index is 4.78. The first-order valence-electron chi connectivity index (χ1n) is 4.83. The summed E-state index contributed by atoms with van der Waals surface area (Å²) in [7, 11) is 4.76. The van der Waals surface area contributed by atoms with Crippen molar-refractivity contribution in [3.63, 3.8) is 0 Å². The maximum Gasteiger partial charge on any atom is 0.287 e. The van der Waals surface area contributed by atoms with Gasteiger partial charge in [-0.25, -0.2) is 0 Å². The molecule has 0 amide bonds. The second-order valence-corrected chi connectivity index (χ2v) is 4.36. The van der Waals surface area contributed by atoms with Crippen LogP contribution in [-0.4, -0.2) is 27.3 Å². The maximum absolute atomic E-state index is 5.33. The van der Waals surface area contributed by atoms with Crippen molar-refractivity contribution in [3.05, 3.63) is 6.92 Å². The van der Waals surface area contributed by atoms with Crippen molar-refractivity contribution in [2.75, 3.05) is 21.3 Å². The zero-order valence-corrected chi connectivity index (χ0v) is 10.2. The number of rotatable bonds is 6. The van der Waals surface area contributed by atoms with Gasteiger partial charge in [0.05, 0.1) is 0 Å². The summed E-state index contributed by atoms with van der Waals surface area (Å²) >= 11 is 0. The molecule has 0 aromatic carbocycles. The molecule has 85 valence electrons. The van der Waals surface area contributed by atoms with Crippen molar-refractivity contribution in [2.45, 2.75) is 33.2 Å². The molecular weight excluding hydrogens is 180 g/mol. The van der Waals surface area contributed by atoms with E-state index in [1.165, 1.54) is 0 Å². The van der Waals surface area contributed by atoms with Gasteiger partial charge in [0.15, 0.2) is 0 Å². The molecule has 0 heterocycles. The quantitative estimate of drug-likeness (QED) is 0.621. The molecular formula is C11H23O3. The summed E-state index contributed by atoms with van der Waals surface area (Å²) in [5.74, 6) is -0.663. The van der Waals surface area contributed by atoms with Crippen molar-refractivity contribution in [2.24, 2.45) is 11.3 Å². The summed E-state index contributed by atoms with van der Waals surface area (Å²) in [6, 6.07) is 0. The lowest BCUT2D eigenvalue weighted by Gasteiger charge is -2.43. The lowest BCUT2D eigenvalue weighted by atomic mass is 9.81. The van der Waals surface area contributed by atoms with E-state index in [-0.39, 0.29) is 5.41 Å². The summed E-state index contributed by atoms with van der Waals surface area (Å²) in [6.45, 7) is 10.1. The summed E-state index contributed by atoms with van der Waals surface area (Å²) in [4.78, 5) is 0. The lowest BCUT2D eigenvalue weighted by Crippen LogP contribution is -2.50. The van der Waals surface area contributed by atoms with Crippen LogP contribution in [0, 0.1) is 18.3 Å². The highest BCUT2D eigenvalue weighted by Gasteiger charge is 2.47. The Morgan fingerprint density at radius 3 is 1.64 bits per heavy atom. The normalized spacial score (nSPS) is 13.7. The molecule has 0 aromatic heterocycles. The molecule has 0 fully saturated rings. The fourth-order valence-electron chi connectivity index (χ4n) is 2.08. The smallest absolute Gasteiger partial charge is 0.287 e. The number of ether oxygens (including phenoxy) is 3. The summed E-state index contributed by atoms with van der Waals surface area (Å²) in [5.41, 5.74) is -0.244. The highest BCUT2D eigenvalue weighted by atomic mass is 16.9. The third kappa shape index (κ3) is 2.69. The predicted molar refractivity (Wildman–Crippen MR) is 56.7 cm³/mol. The average molecular weight is 203 g/mol. The minimum absolute atomic E-state index is 0.244. The van der Waals surface area contributed by atoms with Gasteiger partial charge in [-0.3, -0.25) is 0 Å². The first-order valence-corrected chi connectivity index (χ1v) is 4.83. The van der Waals surface area contributed by atoms with E-state index < -0.39 is 5.97 Å². The fourth-order valence-corrected chi connectivity index (χ4v) is 2.08.